The van der Waals surface area contributed by atoms with Crippen molar-refractivity contribution in [2.24, 2.45) is 0 Å². The summed E-state index contributed by atoms with van der Waals surface area (Å²) in [7, 11) is 1.68. The average Bonchev–Trinajstić information content (AvgIpc) is 2.95. The molecule has 7 nitrogen and oxygen atoms in total. The molecule has 1 amide bonds. The van der Waals surface area contributed by atoms with Crippen molar-refractivity contribution in [1.29, 1.82) is 0 Å². The second-order valence-electron chi connectivity index (χ2n) is 7.40. The van der Waals surface area contributed by atoms with Crippen molar-refractivity contribution in [2.75, 3.05) is 26.9 Å². The van der Waals surface area contributed by atoms with Crippen LogP contribution in [0, 0.1) is 0 Å². The number of para-hydroxylation sites is 2. The van der Waals surface area contributed by atoms with E-state index in [-0.39, 0.29) is 18.4 Å². The number of hydrogen-bond donors (Lipinski definition) is 1. The van der Waals surface area contributed by atoms with Gasteiger partial charge in [-0.1, -0.05) is 18.2 Å². The third kappa shape index (κ3) is 4.41. The number of nitrogens with zero attached hydrogens (tertiary/aromatic N) is 2. The van der Waals surface area contributed by atoms with Gasteiger partial charge in [0.05, 0.1) is 43.3 Å². The van der Waals surface area contributed by atoms with Crippen LogP contribution in [0.1, 0.15) is 30.8 Å². The fraction of sp³-hybridized carbons (Fsp3) is 0.391. The van der Waals surface area contributed by atoms with E-state index in [0.29, 0.717) is 32.1 Å². The van der Waals surface area contributed by atoms with Gasteiger partial charge in [-0.25, -0.2) is 4.98 Å². The molecule has 2 heterocycles. The van der Waals surface area contributed by atoms with Gasteiger partial charge < -0.3 is 24.1 Å². The van der Waals surface area contributed by atoms with Crippen LogP contribution in [0.25, 0.3) is 11.0 Å². The number of carbonyl (C=O) groups excluding carboxylic acids is 1. The molecule has 1 aliphatic heterocycles. The van der Waals surface area contributed by atoms with Gasteiger partial charge in [0.1, 0.15) is 5.82 Å². The monoisotopic (exact) mass is 409 g/mol. The normalized spacial score (nSPS) is 14.3. The van der Waals surface area contributed by atoms with E-state index in [0.717, 1.165) is 34.6 Å². The summed E-state index contributed by atoms with van der Waals surface area (Å²) in [5.41, 5.74) is 2.83. The van der Waals surface area contributed by atoms with Gasteiger partial charge in [-0.3, -0.25) is 4.79 Å². The maximum absolute atomic E-state index is 12.7. The highest BCUT2D eigenvalue weighted by molar-refractivity contribution is 5.80. The van der Waals surface area contributed by atoms with E-state index in [2.05, 4.69) is 9.88 Å². The Labute approximate surface area is 176 Å². The molecule has 158 valence electrons. The zero-order chi connectivity index (χ0) is 20.9. The quantitative estimate of drug-likeness (QED) is 0.648. The Morgan fingerprint density at radius 2 is 2.00 bits per heavy atom. The number of aromatic nitrogens is 2. The highest BCUT2D eigenvalue weighted by Gasteiger charge is 2.19. The lowest BCUT2D eigenvalue weighted by molar-refractivity contribution is -0.121. The fourth-order valence-corrected chi connectivity index (χ4v) is 3.70. The molecular weight excluding hydrogens is 382 g/mol. The van der Waals surface area contributed by atoms with Gasteiger partial charge in [0, 0.05) is 20.1 Å². The molecule has 0 unspecified atom stereocenters. The van der Waals surface area contributed by atoms with E-state index in [9.17, 15) is 4.79 Å². The summed E-state index contributed by atoms with van der Waals surface area (Å²) in [4.78, 5) is 17.5. The fourth-order valence-electron chi connectivity index (χ4n) is 3.70. The molecule has 1 aromatic heterocycles. The highest BCUT2D eigenvalue weighted by Crippen LogP contribution is 2.30. The molecular formula is C23H27N3O4. The zero-order valence-electron chi connectivity index (χ0n) is 17.4. The van der Waals surface area contributed by atoms with Crippen molar-refractivity contribution in [3.63, 3.8) is 0 Å². The standard InChI is InChI=1S/C23H27N3O4/c1-16(23-25-18-6-3-4-7-19(18)26(23)10-13-28-2)24-22(27)15-17-8-9-20-21(14-17)30-12-5-11-29-20/h3-4,6-9,14,16H,5,10-13,15H2,1-2H3,(H,24,27)/t16-/m0/s1. The van der Waals surface area contributed by atoms with Crippen molar-refractivity contribution >= 4 is 16.9 Å². The lowest BCUT2D eigenvalue weighted by atomic mass is 10.1. The molecule has 1 aliphatic rings. The molecule has 0 saturated heterocycles. The first-order valence-corrected chi connectivity index (χ1v) is 10.3. The smallest absolute Gasteiger partial charge is 0.224 e. The third-order valence-electron chi connectivity index (χ3n) is 5.14. The highest BCUT2D eigenvalue weighted by atomic mass is 16.5. The van der Waals surface area contributed by atoms with Crippen LogP contribution < -0.4 is 14.8 Å². The molecule has 0 saturated carbocycles. The topological polar surface area (TPSA) is 74.6 Å². The summed E-state index contributed by atoms with van der Waals surface area (Å²) in [5.74, 6) is 2.19. The minimum Gasteiger partial charge on any atom is -0.490 e. The van der Waals surface area contributed by atoms with Gasteiger partial charge in [0.2, 0.25) is 5.91 Å². The number of carbonyl (C=O) groups is 1. The molecule has 0 fully saturated rings. The second-order valence-corrected chi connectivity index (χ2v) is 7.40. The first kappa shape index (κ1) is 20.2. The SMILES string of the molecule is COCCn1c([C@H](C)NC(=O)Cc2ccc3c(c2)OCCCO3)nc2ccccc21. The van der Waals surface area contributed by atoms with E-state index in [1.54, 1.807) is 7.11 Å². The molecule has 7 heteroatoms. The van der Waals surface area contributed by atoms with Crippen LogP contribution in [-0.4, -0.2) is 42.4 Å². The van der Waals surface area contributed by atoms with Crippen LogP contribution in [0.2, 0.25) is 0 Å². The summed E-state index contributed by atoms with van der Waals surface area (Å²) < 4.78 is 18.7. The summed E-state index contributed by atoms with van der Waals surface area (Å²) in [5, 5.41) is 3.08. The van der Waals surface area contributed by atoms with Gasteiger partial charge in [0.25, 0.3) is 0 Å². The number of hydrogen-bond acceptors (Lipinski definition) is 5. The van der Waals surface area contributed by atoms with E-state index in [1.807, 2.05) is 49.4 Å². The number of imidazole rings is 1. The minimum absolute atomic E-state index is 0.0673. The van der Waals surface area contributed by atoms with Crippen LogP contribution in [-0.2, 0) is 22.5 Å². The Kier molecular flexibility index (Phi) is 6.18. The molecule has 2 aromatic carbocycles. The van der Waals surface area contributed by atoms with Crippen LogP contribution in [0.5, 0.6) is 11.5 Å². The number of benzene rings is 2. The minimum atomic E-state index is -0.234. The Balaban J connectivity index is 1.48. The largest absolute Gasteiger partial charge is 0.490 e. The summed E-state index contributed by atoms with van der Waals surface area (Å²) >= 11 is 0. The summed E-state index contributed by atoms with van der Waals surface area (Å²) in [6.45, 7) is 4.47. The van der Waals surface area contributed by atoms with Crippen molar-refractivity contribution in [1.82, 2.24) is 14.9 Å². The second kappa shape index (κ2) is 9.17. The maximum Gasteiger partial charge on any atom is 0.224 e. The summed E-state index contributed by atoms with van der Waals surface area (Å²) in [6.07, 6.45) is 1.12. The summed E-state index contributed by atoms with van der Waals surface area (Å²) in [6, 6.07) is 13.4. The molecule has 0 radical (unpaired) electrons. The molecule has 0 spiro atoms. The van der Waals surface area contributed by atoms with Crippen LogP contribution in [0.4, 0.5) is 0 Å². The molecule has 30 heavy (non-hydrogen) atoms. The lowest BCUT2D eigenvalue weighted by Crippen LogP contribution is -2.30. The third-order valence-corrected chi connectivity index (χ3v) is 5.14. The van der Waals surface area contributed by atoms with Crippen molar-refractivity contribution in [3.8, 4) is 11.5 Å². The van der Waals surface area contributed by atoms with E-state index >= 15 is 0 Å². The number of ether oxygens (including phenoxy) is 3. The van der Waals surface area contributed by atoms with Crippen LogP contribution in [0.15, 0.2) is 42.5 Å². The lowest BCUT2D eigenvalue weighted by Gasteiger charge is -2.16. The van der Waals surface area contributed by atoms with Crippen LogP contribution in [0.3, 0.4) is 0 Å². The van der Waals surface area contributed by atoms with Crippen molar-refractivity contribution < 1.29 is 19.0 Å². The Hall–Kier alpha value is -3.06. The average molecular weight is 409 g/mol. The molecule has 3 aromatic rings. The van der Waals surface area contributed by atoms with Gasteiger partial charge >= 0.3 is 0 Å². The Morgan fingerprint density at radius 3 is 2.83 bits per heavy atom. The number of amides is 1. The molecule has 4 rings (SSSR count). The van der Waals surface area contributed by atoms with Gasteiger partial charge in [-0.2, -0.15) is 0 Å². The first-order valence-electron chi connectivity index (χ1n) is 10.3. The van der Waals surface area contributed by atoms with Gasteiger partial charge in [0.15, 0.2) is 11.5 Å². The number of methoxy groups -OCH3 is 1. The van der Waals surface area contributed by atoms with E-state index < -0.39 is 0 Å². The van der Waals surface area contributed by atoms with Crippen molar-refractivity contribution in [2.45, 2.75) is 32.4 Å². The number of fused-ring (bicyclic) bond motifs is 2. The maximum atomic E-state index is 12.7. The van der Waals surface area contributed by atoms with E-state index in [4.69, 9.17) is 19.2 Å². The predicted molar refractivity (Wildman–Crippen MR) is 114 cm³/mol. The molecule has 0 bridgehead atoms. The van der Waals surface area contributed by atoms with Gasteiger partial charge in [-0.05, 0) is 36.8 Å². The predicted octanol–water partition coefficient (Wildman–Crippen LogP) is 3.26. The van der Waals surface area contributed by atoms with Crippen LogP contribution >= 0.6 is 0 Å². The molecule has 1 N–H and O–H groups in total. The zero-order valence-corrected chi connectivity index (χ0v) is 17.4. The Morgan fingerprint density at radius 1 is 1.20 bits per heavy atom. The van der Waals surface area contributed by atoms with Crippen molar-refractivity contribution in [3.05, 3.63) is 53.9 Å². The molecule has 1 atom stereocenters. The van der Waals surface area contributed by atoms with Gasteiger partial charge in [-0.15, -0.1) is 0 Å². The number of nitrogens with one attached hydrogen (secondary N) is 1. The molecule has 0 aliphatic carbocycles. The number of rotatable bonds is 7. The Bertz CT molecular complexity index is 1030. The first-order chi connectivity index (χ1) is 14.7. The van der Waals surface area contributed by atoms with E-state index in [1.165, 1.54) is 0 Å².